The summed E-state index contributed by atoms with van der Waals surface area (Å²) in [6.07, 6.45) is 0.346. The van der Waals surface area contributed by atoms with Crippen LogP contribution < -0.4 is 5.32 Å². The zero-order valence-corrected chi connectivity index (χ0v) is 11.5. The molecule has 1 saturated heterocycles. The van der Waals surface area contributed by atoms with Gasteiger partial charge in [0.15, 0.2) is 0 Å². The fraction of sp³-hybridized carbons (Fsp3) is 1.00. The lowest BCUT2D eigenvalue weighted by Crippen LogP contribution is -2.57. The Kier molecular flexibility index (Phi) is 5.73. The van der Waals surface area contributed by atoms with Crippen LogP contribution in [0.15, 0.2) is 0 Å². The lowest BCUT2D eigenvalue weighted by molar-refractivity contribution is 0.0361. The van der Waals surface area contributed by atoms with Gasteiger partial charge in [0.05, 0.1) is 12.7 Å². The van der Waals surface area contributed by atoms with Crippen LogP contribution >= 0.6 is 0 Å². The van der Waals surface area contributed by atoms with E-state index in [2.05, 4.69) is 44.8 Å². The maximum absolute atomic E-state index is 5.63. The van der Waals surface area contributed by atoms with Crippen LogP contribution in [0.5, 0.6) is 0 Å². The fourth-order valence-electron chi connectivity index (χ4n) is 2.11. The maximum Gasteiger partial charge on any atom is 0.0597 e. The number of rotatable bonds is 5. The fourth-order valence-corrected chi connectivity index (χ4v) is 2.11. The molecule has 16 heavy (non-hydrogen) atoms. The van der Waals surface area contributed by atoms with Crippen molar-refractivity contribution in [1.82, 2.24) is 10.2 Å². The van der Waals surface area contributed by atoms with Gasteiger partial charge in [-0.1, -0.05) is 13.8 Å². The second-order valence-corrected chi connectivity index (χ2v) is 5.52. The van der Waals surface area contributed by atoms with Crippen molar-refractivity contribution in [2.24, 2.45) is 5.92 Å². The summed E-state index contributed by atoms with van der Waals surface area (Å²) in [6, 6.07) is 1.26. The van der Waals surface area contributed by atoms with Gasteiger partial charge in [-0.2, -0.15) is 0 Å². The Hall–Kier alpha value is -0.120. The molecule has 1 aliphatic rings. The molecule has 0 aromatic heterocycles. The van der Waals surface area contributed by atoms with Gasteiger partial charge in [0.1, 0.15) is 0 Å². The van der Waals surface area contributed by atoms with Gasteiger partial charge in [-0.15, -0.1) is 0 Å². The number of nitrogens with zero attached hydrogens (tertiary/aromatic N) is 1. The van der Waals surface area contributed by atoms with Crippen LogP contribution in [-0.4, -0.2) is 49.3 Å². The number of piperazine rings is 1. The molecule has 2 atom stereocenters. The molecule has 1 rings (SSSR count). The van der Waals surface area contributed by atoms with E-state index < -0.39 is 0 Å². The van der Waals surface area contributed by atoms with E-state index in [4.69, 9.17) is 4.74 Å². The molecule has 0 amide bonds. The number of hydrogen-bond donors (Lipinski definition) is 1. The topological polar surface area (TPSA) is 24.5 Å². The van der Waals surface area contributed by atoms with Gasteiger partial charge in [-0.3, -0.25) is 4.90 Å². The highest BCUT2D eigenvalue weighted by Crippen LogP contribution is 2.12. The Morgan fingerprint density at radius 2 is 2.00 bits per heavy atom. The molecule has 3 heteroatoms. The molecule has 1 heterocycles. The van der Waals surface area contributed by atoms with Crippen molar-refractivity contribution in [1.29, 1.82) is 0 Å². The van der Waals surface area contributed by atoms with Crippen LogP contribution in [0.3, 0.4) is 0 Å². The summed E-state index contributed by atoms with van der Waals surface area (Å²) < 4.78 is 5.63. The third kappa shape index (κ3) is 4.40. The minimum absolute atomic E-state index is 0.346. The molecule has 0 bridgehead atoms. The number of nitrogens with one attached hydrogen (secondary N) is 1. The Bertz CT molecular complexity index is 194. The summed E-state index contributed by atoms with van der Waals surface area (Å²) in [5.41, 5.74) is 0. The molecule has 0 spiro atoms. The molecule has 0 radical (unpaired) electrons. The van der Waals surface area contributed by atoms with E-state index in [0.717, 1.165) is 26.2 Å². The smallest absolute Gasteiger partial charge is 0.0597 e. The first-order valence-corrected chi connectivity index (χ1v) is 6.59. The van der Waals surface area contributed by atoms with Gasteiger partial charge in [0, 0.05) is 31.7 Å². The van der Waals surface area contributed by atoms with Crippen molar-refractivity contribution in [2.75, 3.05) is 26.2 Å². The largest absolute Gasteiger partial charge is 0.377 e. The Morgan fingerprint density at radius 1 is 1.31 bits per heavy atom. The monoisotopic (exact) mass is 228 g/mol. The Balaban J connectivity index is 2.32. The van der Waals surface area contributed by atoms with Gasteiger partial charge < -0.3 is 10.1 Å². The molecule has 0 aliphatic carbocycles. The molecule has 1 aliphatic heterocycles. The van der Waals surface area contributed by atoms with Crippen LogP contribution in [-0.2, 0) is 4.74 Å². The van der Waals surface area contributed by atoms with Crippen molar-refractivity contribution < 1.29 is 4.74 Å². The highest BCUT2D eigenvalue weighted by Gasteiger charge is 2.26. The van der Waals surface area contributed by atoms with Crippen LogP contribution in [0.2, 0.25) is 0 Å². The van der Waals surface area contributed by atoms with Crippen molar-refractivity contribution in [3.05, 3.63) is 0 Å². The van der Waals surface area contributed by atoms with E-state index in [-0.39, 0.29) is 0 Å². The van der Waals surface area contributed by atoms with Crippen LogP contribution in [0.1, 0.15) is 34.6 Å². The van der Waals surface area contributed by atoms with Gasteiger partial charge >= 0.3 is 0 Å². The molecule has 96 valence electrons. The van der Waals surface area contributed by atoms with Gasteiger partial charge in [-0.25, -0.2) is 0 Å². The van der Waals surface area contributed by atoms with E-state index in [9.17, 15) is 0 Å². The SMILES string of the molecule is CC(C)OCCN1CC(C(C)C)NCC1C. The molecule has 0 aromatic carbocycles. The van der Waals surface area contributed by atoms with E-state index in [1.54, 1.807) is 0 Å². The molecule has 1 N–H and O–H groups in total. The first-order valence-electron chi connectivity index (χ1n) is 6.59. The normalized spacial score (nSPS) is 27.9. The average Bonchev–Trinajstić information content (AvgIpc) is 2.20. The summed E-state index contributed by atoms with van der Waals surface area (Å²) in [5, 5.41) is 3.61. The molecule has 3 nitrogen and oxygen atoms in total. The quantitative estimate of drug-likeness (QED) is 0.775. The molecular weight excluding hydrogens is 200 g/mol. The van der Waals surface area contributed by atoms with Gasteiger partial charge in [-0.05, 0) is 26.7 Å². The average molecular weight is 228 g/mol. The third-order valence-corrected chi connectivity index (χ3v) is 3.36. The second-order valence-electron chi connectivity index (χ2n) is 5.52. The van der Waals surface area contributed by atoms with Crippen LogP contribution in [0.4, 0.5) is 0 Å². The first-order chi connectivity index (χ1) is 7.50. The zero-order valence-electron chi connectivity index (χ0n) is 11.5. The lowest BCUT2D eigenvalue weighted by atomic mass is 10.00. The number of ether oxygens (including phenoxy) is 1. The standard InChI is InChI=1S/C13H28N2O/c1-10(2)13-9-15(12(5)8-14-13)6-7-16-11(3)4/h10-14H,6-9H2,1-5H3. The summed E-state index contributed by atoms with van der Waals surface area (Å²) in [6.45, 7) is 15.2. The highest BCUT2D eigenvalue weighted by atomic mass is 16.5. The highest BCUT2D eigenvalue weighted by molar-refractivity contribution is 4.85. The molecule has 0 saturated carbocycles. The molecular formula is C13H28N2O. The molecule has 0 aromatic rings. The maximum atomic E-state index is 5.63. The Labute approximate surface area is 101 Å². The lowest BCUT2D eigenvalue weighted by Gasteiger charge is -2.40. The van der Waals surface area contributed by atoms with E-state index >= 15 is 0 Å². The van der Waals surface area contributed by atoms with Crippen molar-refractivity contribution in [2.45, 2.75) is 52.8 Å². The van der Waals surface area contributed by atoms with Crippen LogP contribution in [0.25, 0.3) is 0 Å². The van der Waals surface area contributed by atoms with Gasteiger partial charge in [0.2, 0.25) is 0 Å². The summed E-state index contributed by atoms with van der Waals surface area (Å²) >= 11 is 0. The molecule has 1 fully saturated rings. The predicted octanol–water partition coefficient (Wildman–Crippen LogP) is 1.73. The van der Waals surface area contributed by atoms with Crippen molar-refractivity contribution in [3.63, 3.8) is 0 Å². The van der Waals surface area contributed by atoms with E-state index in [1.807, 2.05) is 0 Å². The second kappa shape index (κ2) is 6.58. The zero-order chi connectivity index (χ0) is 12.1. The van der Waals surface area contributed by atoms with E-state index in [0.29, 0.717) is 24.1 Å². The van der Waals surface area contributed by atoms with Gasteiger partial charge in [0.25, 0.3) is 0 Å². The summed E-state index contributed by atoms with van der Waals surface area (Å²) in [5.74, 6) is 0.709. The molecule has 2 unspecified atom stereocenters. The number of hydrogen-bond acceptors (Lipinski definition) is 3. The summed E-state index contributed by atoms with van der Waals surface area (Å²) in [7, 11) is 0. The van der Waals surface area contributed by atoms with E-state index in [1.165, 1.54) is 0 Å². The minimum atomic E-state index is 0.346. The Morgan fingerprint density at radius 3 is 2.56 bits per heavy atom. The first kappa shape index (κ1) is 13.9. The summed E-state index contributed by atoms with van der Waals surface area (Å²) in [4.78, 5) is 2.55. The predicted molar refractivity (Wildman–Crippen MR) is 68.8 cm³/mol. The van der Waals surface area contributed by atoms with Crippen molar-refractivity contribution in [3.8, 4) is 0 Å². The van der Waals surface area contributed by atoms with Crippen molar-refractivity contribution >= 4 is 0 Å². The minimum Gasteiger partial charge on any atom is -0.377 e. The van der Waals surface area contributed by atoms with Crippen LogP contribution in [0, 0.1) is 5.92 Å². The third-order valence-electron chi connectivity index (χ3n) is 3.36.